The predicted octanol–water partition coefficient (Wildman–Crippen LogP) is 2.65. The standard InChI is InChI=1S/C21H22N2O6/c1-28-18-8-7-15(21(27)23-9-2-3-10-23)12-17(18)22-20(26)14-5-4-6-16(11-14)29-13-19(24)25/h4-8,11-12H,2-3,9-10,13H2,1H3,(H,22,26)(H,24,25). The van der Waals surface area contributed by atoms with Crippen molar-refractivity contribution in [1.29, 1.82) is 0 Å². The van der Waals surface area contributed by atoms with Crippen LogP contribution in [0.25, 0.3) is 0 Å². The van der Waals surface area contributed by atoms with Crippen molar-refractivity contribution in [2.45, 2.75) is 12.8 Å². The van der Waals surface area contributed by atoms with Gasteiger partial charge in [-0.05, 0) is 49.2 Å². The molecule has 0 atom stereocenters. The average molecular weight is 398 g/mol. The van der Waals surface area contributed by atoms with Gasteiger partial charge in [0.1, 0.15) is 11.5 Å². The third-order valence-electron chi connectivity index (χ3n) is 4.55. The molecule has 2 aromatic rings. The van der Waals surface area contributed by atoms with Crippen LogP contribution in [0.1, 0.15) is 33.6 Å². The van der Waals surface area contributed by atoms with Gasteiger partial charge in [0.25, 0.3) is 11.8 Å². The molecule has 2 aromatic carbocycles. The van der Waals surface area contributed by atoms with Crippen molar-refractivity contribution in [3.05, 3.63) is 53.6 Å². The molecule has 0 bridgehead atoms. The molecule has 3 rings (SSSR count). The summed E-state index contributed by atoms with van der Waals surface area (Å²) in [5.41, 5.74) is 1.13. The first-order valence-electron chi connectivity index (χ1n) is 9.21. The van der Waals surface area contributed by atoms with E-state index in [0.717, 1.165) is 25.9 Å². The number of aliphatic carboxylic acids is 1. The normalized spacial score (nSPS) is 13.1. The van der Waals surface area contributed by atoms with Crippen LogP contribution in [-0.4, -0.2) is 54.6 Å². The van der Waals surface area contributed by atoms with E-state index in [1.54, 1.807) is 41.3 Å². The van der Waals surface area contributed by atoms with Crippen LogP contribution in [0.2, 0.25) is 0 Å². The molecule has 152 valence electrons. The van der Waals surface area contributed by atoms with Crippen LogP contribution in [0, 0.1) is 0 Å². The Balaban J connectivity index is 1.78. The predicted molar refractivity (Wildman–Crippen MR) is 106 cm³/mol. The molecular weight excluding hydrogens is 376 g/mol. The molecule has 29 heavy (non-hydrogen) atoms. The van der Waals surface area contributed by atoms with Crippen LogP contribution in [0.3, 0.4) is 0 Å². The van der Waals surface area contributed by atoms with Crippen molar-refractivity contribution in [3.63, 3.8) is 0 Å². The molecule has 8 nitrogen and oxygen atoms in total. The number of nitrogens with one attached hydrogen (secondary N) is 1. The lowest BCUT2D eigenvalue weighted by molar-refractivity contribution is -0.139. The molecule has 1 heterocycles. The fraction of sp³-hybridized carbons (Fsp3) is 0.286. The zero-order valence-corrected chi connectivity index (χ0v) is 16.0. The SMILES string of the molecule is COc1ccc(C(=O)N2CCCC2)cc1NC(=O)c1cccc(OCC(=O)O)c1. The fourth-order valence-electron chi connectivity index (χ4n) is 3.11. The zero-order valence-electron chi connectivity index (χ0n) is 16.0. The van der Waals surface area contributed by atoms with Gasteiger partial charge in [-0.3, -0.25) is 9.59 Å². The summed E-state index contributed by atoms with van der Waals surface area (Å²) in [5, 5.41) is 11.5. The molecule has 1 fully saturated rings. The summed E-state index contributed by atoms with van der Waals surface area (Å²) >= 11 is 0. The second-order valence-corrected chi connectivity index (χ2v) is 6.58. The minimum Gasteiger partial charge on any atom is -0.495 e. The number of ether oxygens (including phenoxy) is 2. The van der Waals surface area contributed by atoms with Gasteiger partial charge in [-0.25, -0.2) is 4.79 Å². The number of carbonyl (C=O) groups is 3. The molecule has 0 unspecified atom stereocenters. The first kappa shape index (κ1) is 20.2. The van der Waals surface area contributed by atoms with Crippen molar-refractivity contribution in [1.82, 2.24) is 4.90 Å². The summed E-state index contributed by atoms with van der Waals surface area (Å²) in [6, 6.07) is 11.1. The number of likely N-dealkylation sites (tertiary alicyclic amines) is 1. The van der Waals surface area contributed by atoms with Crippen LogP contribution < -0.4 is 14.8 Å². The van der Waals surface area contributed by atoms with Crippen LogP contribution in [0.4, 0.5) is 5.69 Å². The summed E-state index contributed by atoms with van der Waals surface area (Å²) in [7, 11) is 1.48. The number of nitrogens with zero attached hydrogens (tertiary/aromatic N) is 1. The largest absolute Gasteiger partial charge is 0.495 e. The third kappa shape index (κ3) is 5.04. The van der Waals surface area contributed by atoms with E-state index in [-0.39, 0.29) is 17.2 Å². The molecular formula is C21H22N2O6. The first-order chi connectivity index (χ1) is 14.0. The van der Waals surface area contributed by atoms with Gasteiger partial charge in [0.15, 0.2) is 6.61 Å². The Hall–Kier alpha value is -3.55. The highest BCUT2D eigenvalue weighted by molar-refractivity contribution is 6.06. The van der Waals surface area contributed by atoms with Crippen molar-refractivity contribution >= 4 is 23.5 Å². The van der Waals surface area contributed by atoms with Crippen molar-refractivity contribution < 1.29 is 29.0 Å². The zero-order chi connectivity index (χ0) is 20.8. The fourth-order valence-corrected chi connectivity index (χ4v) is 3.11. The Morgan fingerprint density at radius 3 is 2.52 bits per heavy atom. The van der Waals surface area contributed by atoms with Gasteiger partial charge in [-0.2, -0.15) is 0 Å². The first-order valence-corrected chi connectivity index (χ1v) is 9.21. The van der Waals surface area contributed by atoms with Gasteiger partial charge in [-0.1, -0.05) is 6.07 Å². The number of rotatable bonds is 7. The smallest absolute Gasteiger partial charge is 0.341 e. The van der Waals surface area contributed by atoms with E-state index in [9.17, 15) is 14.4 Å². The number of hydrogen-bond acceptors (Lipinski definition) is 5. The van der Waals surface area contributed by atoms with Crippen LogP contribution in [0.15, 0.2) is 42.5 Å². The van der Waals surface area contributed by atoms with Crippen molar-refractivity contribution in [2.24, 2.45) is 0 Å². The number of methoxy groups -OCH3 is 1. The quantitative estimate of drug-likeness (QED) is 0.743. The molecule has 0 aromatic heterocycles. The number of carboxylic acid groups (broad SMARTS) is 1. The molecule has 2 N–H and O–H groups in total. The van der Waals surface area contributed by atoms with E-state index in [1.165, 1.54) is 13.2 Å². The molecule has 0 aliphatic carbocycles. The number of benzene rings is 2. The molecule has 0 spiro atoms. The average Bonchev–Trinajstić information content (AvgIpc) is 3.26. The molecule has 1 saturated heterocycles. The van der Waals surface area contributed by atoms with E-state index >= 15 is 0 Å². The molecule has 2 amide bonds. The Bertz CT molecular complexity index is 921. The summed E-state index contributed by atoms with van der Waals surface area (Å²) in [5.74, 6) is -0.928. The number of amides is 2. The summed E-state index contributed by atoms with van der Waals surface area (Å²) in [6.07, 6.45) is 1.98. The molecule has 1 aliphatic heterocycles. The summed E-state index contributed by atoms with van der Waals surface area (Å²) in [4.78, 5) is 37.7. The van der Waals surface area contributed by atoms with Crippen LogP contribution >= 0.6 is 0 Å². The van der Waals surface area contributed by atoms with E-state index in [4.69, 9.17) is 14.6 Å². The minimum atomic E-state index is -1.11. The van der Waals surface area contributed by atoms with Crippen LogP contribution in [-0.2, 0) is 4.79 Å². The highest BCUT2D eigenvalue weighted by Crippen LogP contribution is 2.27. The number of carbonyl (C=O) groups excluding carboxylic acids is 2. The van der Waals surface area contributed by atoms with Crippen LogP contribution in [0.5, 0.6) is 11.5 Å². The lowest BCUT2D eigenvalue weighted by Crippen LogP contribution is -2.27. The monoisotopic (exact) mass is 398 g/mol. The van der Waals surface area contributed by atoms with Gasteiger partial charge < -0.3 is 24.8 Å². The lowest BCUT2D eigenvalue weighted by Gasteiger charge is -2.17. The second kappa shape index (κ2) is 9.09. The van der Waals surface area contributed by atoms with Gasteiger partial charge in [0.05, 0.1) is 12.8 Å². The van der Waals surface area contributed by atoms with Crippen molar-refractivity contribution in [3.8, 4) is 11.5 Å². The highest BCUT2D eigenvalue weighted by atomic mass is 16.5. The van der Waals surface area contributed by atoms with Gasteiger partial charge >= 0.3 is 5.97 Å². The molecule has 1 aliphatic rings. The molecule has 0 saturated carbocycles. The Morgan fingerprint density at radius 2 is 1.83 bits per heavy atom. The van der Waals surface area contributed by atoms with Gasteiger partial charge in [0, 0.05) is 24.2 Å². The van der Waals surface area contributed by atoms with Gasteiger partial charge in [-0.15, -0.1) is 0 Å². The second-order valence-electron chi connectivity index (χ2n) is 6.58. The lowest BCUT2D eigenvalue weighted by atomic mass is 10.1. The Labute approximate surface area is 168 Å². The minimum absolute atomic E-state index is 0.0790. The maximum Gasteiger partial charge on any atom is 0.341 e. The van der Waals surface area contributed by atoms with E-state index in [1.807, 2.05) is 0 Å². The molecule has 0 radical (unpaired) electrons. The number of hydrogen-bond donors (Lipinski definition) is 2. The Kier molecular flexibility index (Phi) is 6.33. The number of anilines is 1. The summed E-state index contributed by atoms with van der Waals surface area (Å²) in [6.45, 7) is 0.963. The third-order valence-corrected chi connectivity index (χ3v) is 4.55. The van der Waals surface area contributed by atoms with E-state index in [0.29, 0.717) is 17.0 Å². The topological polar surface area (TPSA) is 105 Å². The highest BCUT2D eigenvalue weighted by Gasteiger charge is 2.21. The van der Waals surface area contributed by atoms with Crippen molar-refractivity contribution in [2.75, 3.05) is 32.1 Å². The summed E-state index contributed by atoms with van der Waals surface area (Å²) < 4.78 is 10.4. The Morgan fingerprint density at radius 1 is 1.07 bits per heavy atom. The van der Waals surface area contributed by atoms with Gasteiger partial charge in [0.2, 0.25) is 0 Å². The van der Waals surface area contributed by atoms with E-state index in [2.05, 4.69) is 5.32 Å². The molecule has 8 heteroatoms. The van der Waals surface area contributed by atoms with E-state index < -0.39 is 18.5 Å². The maximum atomic E-state index is 12.7. The number of carboxylic acids is 1. The maximum absolute atomic E-state index is 12.7.